The van der Waals surface area contributed by atoms with Crippen LogP contribution in [0.2, 0.25) is 0 Å². The van der Waals surface area contributed by atoms with Crippen LogP contribution >= 0.6 is 0 Å². The second kappa shape index (κ2) is 11.6. The Morgan fingerprint density at radius 1 is 0.971 bits per heavy atom. The van der Waals surface area contributed by atoms with Gasteiger partial charge in [-0.25, -0.2) is 4.39 Å². The van der Waals surface area contributed by atoms with Crippen molar-refractivity contribution < 1.29 is 9.13 Å². The van der Waals surface area contributed by atoms with Crippen LogP contribution in [-0.2, 0) is 0 Å². The number of aromatic nitrogens is 3. The highest BCUT2D eigenvalue weighted by molar-refractivity contribution is 5.59. The number of likely N-dealkylation sites (tertiary alicyclic amines) is 1. The molecule has 4 rings (SSSR count). The minimum Gasteiger partial charge on any atom is -0.491 e. The Kier molecular flexibility index (Phi) is 8.37. The molecule has 1 aliphatic heterocycles. The topological polar surface area (TPSA) is 78.4 Å². The molecule has 34 heavy (non-hydrogen) atoms. The number of nitrogens with one attached hydrogen (secondary N) is 2. The molecule has 0 amide bonds. The molecule has 0 spiro atoms. The van der Waals surface area contributed by atoms with E-state index in [1.54, 1.807) is 11.0 Å². The number of nitrogens with zero attached hydrogens (tertiary/aromatic N) is 5. The van der Waals surface area contributed by atoms with Crippen molar-refractivity contribution >= 4 is 23.5 Å². The lowest BCUT2D eigenvalue weighted by Crippen LogP contribution is -2.37. The van der Waals surface area contributed by atoms with Gasteiger partial charge in [0, 0.05) is 30.9 Å². The normalized spacial score (nSPS) is 18.4. The molecule has 0 radical (unpaired) electrons. The molecule has 2 heterocycles. The lowest BCUT2D eigenvalue weighted by atomic mass is 10.1. The molecule has 2 aromatic rings. The van der Waals surface area contributed by atoms with E-state index in [9.17, 15) is 4.39 Å². The molecule has 2 N–H and O–H groups in total. The van der Waals surface area contributed by atoms with Gasteiger partial charge in [-0.2, -0.15) is 15.0 Å². The molecule has 2 aliphatic rings. The predicted molar refractivity (Wildman–Crippen MR) is 135 cm³/mol. The first-order valence-corrected chi connectivity index (χ1v) is 12.7. The Labute approximate surface area is 202 Å². The number of piperidine rings is 1. The molecular formula is C25H38FN7O. The fourth-order valence-electron chi connectivity index (χ4n) is 4.67. The minimum atomic E-state index is -0.401. The fraction of sp³-hybridized carbons (Fsp3) is 0.640. The van der Waals surface area contributed by atoms with E-state index in [4.69, 9.17) is 19.7 Å². The molecule has 0 bridgehead atoms. The Morgan fingerprint density at radius 2 is 1.59 bits per heavy atom. The number of anilines is 4. The van der Waals surface area contributed by atoms with Crippen LogP contribution in [0.25, 0.3) is 0 Å². The third-order valence-corrected chi connectivity index (χ3v) is 6.77. The van der Waals surface area contributed by atoms with Gasteiger partial charge >= 0.3 is 0 Å². The van der Waals surface area contributed by atoms with Gasteiger partial charge in [0.25, 0.3) is 0 Å². The SMILES string of the molecule is CCOc1ccc(N(C)c2nc(NC3CCCCCC3)nc(NC3CCN(C)CC3)n2)cc1F. The first kappa shape index (κ1) is 24.4. The molecule has 1 aliphatic carbocycles. The summed E-state index contributed by atoms with van der Waals surface area (Å²) in [5.74, 6) is 1.46. The fourth-order valence-corrected chi connectivity index (χ4v) is 4.67. The molecule has 2 fully saturated rings. The van der Waals surface area contributed by atoms with E-state index in [1.807, 2.05) is 20.0 Å². The highest BCUT2D eigenvalue weighted by Gasteiger charge is 2.21. The van der Waals surface area contributed by atoms with Crippen molar-refractivity contribution in [1.82, 2.24) is 19.9 Å². The van der Waals surface area contributed by atoms with Crippen molar-refractivity contribution in [3.63, 3.8) is 0 Å². The van der Waals surface area contributed by atoms with Crippen molar-refractivity contribution in [2.45, 2.75) is 70.4 Å². The quantitative estimate of drug-likeness (QED) is 0.531. The second-order valence-electron chi connectivity index (χ2n) is 9.44. The lowest BCUT2D eigenvalue weighted by molar-refractivity contribution is 0.263. The van der Waals surface area contributed by atoms with Gasteiger partial charge in [-0.3, -0.25) is 0 Å². The lowest BCUT2D eigenvalue weighted by Gasteiger charge is -2.29. The molecule has 0 atom stereocenters. The van der Waals surface area contributed by atoms with Crippen molar-refractivity contribution in [2.24, 2.45) is 0 Å². The summed E-state index contributed by atoms with van der Waals surface area (Å²) in [5.41, 5.74) is 0.651. The molecule has 1 aromatic heterocycles. The number of ether oxygens (including phenoxy) is 1. The Morgan fingerprint density at radius 3 is 2.18 bits per heavy atom. The predicted octanol–water partition coefficient (Wildman–Crippen LogP) is 4.82. The van der Waals surface area contributed by atoms with E-state index in [0.717, 1.165) is 38.8 Å². The van der Waals surface area contributed by atoms with E-state index >= 15 is 0 Å². The van der Waals surface area contributed by atoms with Gasteiger partial charge in [0.05, 0.1) is 6.61 Å². The van der Waals surface area contributed by atoms with Gasteiger partial charge in [0.2, 0.25) is 17.8 Å². The summed E-state index contributed by atoms with van der Waals surface area (Å²) >= 11 is 0. The Bertz CT molecular complexity index is 927. The highest BCUT2D eigenvalue weighted by atomic mass is 19.1. The summed E-state index contributed by atoms with van der Waals surface area (Å²) < 4.78 is 19.9. The Balaban J connectivity index is 1.58. The molecule has 1 saturated heterocycles. The monoisotopic (exact) mass is 471 g/mol. The zero-order valence-electron chi connectivity index (χ0n) is 20.7. The average molecular weight is 472 g/mol. The van der Waals surface area contributed by atoms with E-state index in [1.165, 1.54) is 31.7 Å². The molecule has 1 aromatic carbocycles. The maximum absolute atomic E-state index is 14.5. The van der Waals surface area contributed by atoms with Crippen molar-refractivity contribution in [3.05, 3.63) is 24.0 Å². The number of hydrogen-bond acceptors (Lipinski definition) is 8. The smallest absolute Gasteiger partial charge is 0.236 e. The van der Waals surface area contributed by atoms with E-state index in [-0.39, 0.29) is 5.75 Å². The van der Waals surface area contributed by atoms with Gasteiger partial charge in [0.15, 0.2) is 11.6 Å². The van der Waals surface area contributed by atoms with Gasteiger partial charge in [-0.1, -0.05) is 25.7 Å². The summed E-state index contributed by atoms with van der Waals surface area (Å²) in [6.45, 7) is 4.36. The standard InChI is InChI=1S/C25H38FN7O/c1-4-34-22-12-11-20(17-21(22)26)33(3)25-30-23(27-18-9-7-5-6-8-10-18)29-24(31-25)28-19-13-15-32(2)16-14-19/h11-12,17-19H,4-10,13-16H2,1-3H3,(H2,27,28,29,30,31). The zero-order chi connectivity index (χ0) is 23.9. The number of benzene rings is 1. The van der Waals surface area contributed by atoms with Crippen molar-refractivity contribution in [2.75, 3.05) is 49.3 Å². The van der Waals surface area contributed by atoms with Crippen LogP contribution in [0.1, 0.15) is 58.3 Å². The summed E-state index contributed by atoms with van der Waals surface area (Å²) in [6.07, 6.45) is 9.36. The maximum atomic E-state index is 14.5. The van der Waals surface area contributed by atoms with Crippen LogP contribution < -0.4 is 20.3 Å². The number of halogens is 1. The largest absolute Gasteiger partial charge is 0.491 e. The van der Waals surface area contributed by atoms with Crippen molar-refractivity contribution in [1.29, 1.82) is 0 Å². The minimum absolute atomic E-state index is 0.246. The third kappa shape index (κ3) is 6.46. The van der Waals surface area contributed by atoms with Crippen LogP contribution in [0.15, 0.2) is 18.2 Å². The number of hydrogen-bond donors (Lipinski definition) is 2. The zero-order valence-corrected chi connectivity index (χ0v) is 20.7. The molecule has 9 heteroatoms. The van der Waals surface area contributed by atoms with Crippen LogP contribution in [0.3, 0.4) is 0 Å². The first-order valence-electron chi connectivity index (χ1n) is 12.7. The Hall–Kier alpha value is -2.68. The average Bonchev–Trinajstić information content (AvgIpc) is 3.10. The summed E-state index contributed by atoms with van der Waals surface area (Å²) in [6, 6.07) is 5.61. The van der Waals surface area contributed by atoms with E-state index in [2.05, 4.69) is 22.6 Å². The van der Waals surface area contributed by atoms with Gasteiger partial charge in [-0.15, -0.1) is 0 Å². The van der Waals surface area contributed by atoms with Gasteiger partial charge in [0.1, 0.15) is 0 Å². The van der Waals surface area contributed by atoms with Crippen molar-refractivity contribution in [3.8, 4) is 5.75 Å². The second-order valence-corrected chi connectivity index (χ2v) is 9.44. The van der Waals surface area contributed by atoms with Crippen LogP contribution in [0, 0.1) is 5.82 Å². The van der Waals surface area contributed by atoms with Crippen LogP contribution in [0.4, 0.5) is 27.9 Å². The van der Waals surface area contributed by atoms with Crippen LogP contribution in [0.5, 0.6) is 5.75 Å². The van der Waals surface area contributed by atoms with E-state index in [0.29, 0.717) is 42.2 Å². The molecule has 186 valence electrons. The van der Waals surface area contributed by atoms with Gasteiger partial charge < -0.3 is 25.2 Å². The van der Waals surface area contributed by atoms with E-state index < -0.39 is 5.82 Å². The molecule has 8 nitrogen and oxygen atoms in total. The summed E-state index contributed by atoms with van der Waals surface area (Å²) in [7, 11) is 4.00. The molecule has 0 unspecified atom stereocenters. The summed E-state index contributed by atoms with van der Waals surface area (Å²) in [4.78, 5) is 18.3. The highest BCUT2D eigenvalue weighted by Crippen LogP contribution is 2.28. The van der Waals surface area contributed by atoms with Gasteiger partial charge in [-0.05, 0) is 64.9 Å². The summed E-state index contributed by atoms with van der Waals surface area (Å²) in [5, 5.41) is 7.08. The maximum Gasteiger partial charge on any atom is 0.236 e. The third-order valence-electron chi connectivity index (χ3n) is 6.77. The number of rotatable bonds is 8. The molecule has 1 saturated carbocycles. The first-order chi connectivity index (χ1) is 16.5. The molecular weight excluding hydrogens is 433 g/mol. The van der Waals surface area contributed by atoms with Crippen LogP contribution in [-0.4, -0.2) is 65.7 Å².